The van der Waals surface area contributed by atoms with Crippen LogP contribution in [0.5, 0.6) is 0 Å². The Hall–Kier alpha value is -2.82. The van der Waals surface area contributed by atoms with Gasteiger partial charge in [-0.25, -0.2) is 0 Å². The van der Waals surface area contributed by atoms with Crippen molar-refractivity contribution in [3.05, 3.63) is 59.7 Å². The Kier molecular flexibility index (Phi) is 6.83. The first kappa shape index (κ1) is 22.4. The average Bonchev–Trinajstić information content (AvgIpc) is 3.50. The first-order valence-corrected chi connectivity index (χ1v) is 11.9. The molecule has 0 radical (unpaired) electrons. The number of nitrogens with zero attached hydrogens (tertiary/aromatic N) is 2. The molecule has 2 aliphatic rings. The maximum Gasteiger partial charge on any atom is 0.227 e. The van der Waals surface area contributed by atoms with Crippen molar-refractivity contribution < 1.29 is 9.59 Å². The quantitative estimate of drug-likeness (QED) is 0.608. The van der Waals surface area contributed by atoms with Crippen LogP contribution in [-0.4, -0.2) is 30.8 Å². The molecule has 2 aromatic rings. The summed E-state index contributed by atoms with van der Waals surface area (Å²) in [6, 6.07) is 16.3. The van der Waals surface area contributed by atoms with Gasteiger partial charge in [-0.3, -0.25) is 9.59 Å². The molecule has 2 aliphatic carbocycles. The van der Waals surface area contributed by atoms with Crippen molar-refractivity contribution >= 4 is 23.2 Å². The molecule has 4 rings (SSSR count). The van der Waals surface area contributed by atoms with E-state index in [1.54, 1.807) is 0 Å². The van der Waals surface area contributed by atoms with Crippen molar-refractivity contribution in [1.82, 2.24) is 4.90 Å². The number of hydrogen-bond donors (Lipinski definition) is 1. The molecule has 170 valence electrons. The first-order chi connectivity index (χ1) is 15.4. The van der Waals surface area contributed by atoms with Crippen molar-refractivity contribution in [2.75, 3.05) is 24.3 Å². The van der Waals surface area contributed by atoms with Gasteiger partial charge in [0.2, 0.25) is 11.8 Å². The Morgan fingerprint density at radius 1 is 0.969 bits per heavy atom. The number of nitrogens with one attached hydrogen (secondary N) is 1. The van der Waals surface area contributed by atoms with Crippen LogP contribution in [-0.2, 0) is 16.1 Å². The van der Waals surface area contributed by atoms with E-state index in [-0.39, 0.29) is 29.7 Å². The predicted octanol–water partition coefficient (Wildman–Crippen LogP) is 5.38. The van der Waals surface area contributed by atoms with Crippen LogP contribution in [0.25, 0.3) is 0 Å². The highest BCUT2D eigenvalue weighted by atomic mass is 16.2. The molecule has 0 bridgehead atoms. The fourth-order valence-corrected chi connectivity index (χ4v) is 4.72. The monoisotopic (exact) mass is 433 g/mol. The highest BCUT2D eigenvalue weighted by Gasteiger charge is 2.36. The van der Waals surface area contributed by atoms with Gasteiger partial charge < -0.3 is 15.1 Å². The topological polar surface area (TPSA) is 52.7 Å². The van der Waals surface area contributed by atoms with E-state index in [1.165, 1.54) is 0 Å². The molecular formula is C27H35N3O2. The van der Waals surface area contributed by atoms with Gasteiger partial charge in [-0.05, 0) is 61.9 Å². The molecule has 5 nitrogen and oxygen atoms in total. The molecule has 0 spiro atoms. The highest BCUT2D eigenvalue weighted by Crippen LogP contribution is 2.36. The van der Waals surface area contributed by atoms with Gasteiger partial charge >= 0.3 is 0 Å². The van der Waals surface area contributed by atoms with Crippen molar-refractivity contribution in [1.29, 1.82) is 0 Å². The predicted molar refractivity (Wildman–Crippen MR) is 129 cm³/mol. The summed E-state index contributed by atoms with van der Waals surface area (Å²) in [5.74, 6) is 0.619. The third-order valence-corrected chi connectivity index (χ3v) is 6.85. The first-order valence-electron chi connectivity index (χ1n) is 11.9. The largest absolute Gasteiger partial charge is 0.377 e. The van der Waals surface area contributed by atoms with Gasteiger partial charge in [0.25, 0.3) is 0 Å². The summed E-state index contributed by atoms with van der Waals surface area (Å²) in [6.07, 6.45) is 6.19. The minimum absolute atomic E-state index is 0.0175. The fraction of sp³-hybridized carbons (Fsp3) is 0.481. The van der Waals surface area contributed by atoms with Crippen molar-refractivity contribution in [2.45, 2.75) is 58.0 Å². The lowest BCUT2D eigenvalue weighted by Crippen LogP contribution is -2.34. The molecule has 2 fully saturated rings. The summed E-state index contributed by atoms with van der Waals surface area (Å²) in [4.78, 5) is 30.1. The van der Waals surface area contributed by atoms with Gasteiger partial charge in [-0.2, -0.15) is 0 Å². The molecule has 2 aromatic carbocycles. The van der Waals surface area contributed by atoms with Gasteiger partial charge in [0.15, 0.2) is 0 Å². The van der Waals surface area contributed by atoms with Crippen molar-refractivity contribution in [2.24, 2.45) is 11.8 Å². The normalized spacial score (nSPS) is 17.1. The van der Waals surface area contributed by atoms with Crippen molar-refractivity contribution in [3.63, 3.8) is 0 Å². The molecule has 5 heteroatoms. The second-order valence-electron chi connectivity index (χ2n) is 9.54. The Balaban J connectivity index is 1.60. The van der Waals surface area contributed by atoms with E-state index < -0.39 is 0 Å². The summed E-state index contributed by atoms with van der Waals surface area (Å²) < 4.78 is 0. The van der Waals surface area contributed by atoms with Gasteiger partial charge in [0.05, 0.1) is 6.04 Å². The molecule has 0 aromatic heterocycles. The Labute approximate surface area is 191 Å². The fourth-order valence-electron chi connectivity index (χ4n) is 4.72. The molecule has 1 atom stereocenters. The van der Waals surface area contributed by atoms with E-state index in [2.05, 4.69) is 29.3 Å². The zero-order chi connectivity index (χ0) is 22.7. The summed E-state index contributed by atoms with van der Waals surface area (Å²) in [5, 5.41) is 3.13. The zero-order valence-corrected chi connectivity index (χ0v) is 19.5. The summed E-state index contributed by atoms with van der Waals surface area (Å²) in [6.45, 7) is 2.63. The molecule has 2 saturated carbocycles. The summed E-state index contributed by atoms with van der Waals surface area (Å²) in [7, 11) is 4.03. The van der Waals surface area contributed by atoms with Crippen LogP contribution in [0.3, 0.4) is 0 Å². The maximum atomic E-state index is 13.3. The molecule has 0 heterocycles. The van der Waals surface area contributed by atoms with Gasteiger partial charge in [0.1, 0.15) is 0 Å². The average molecular weight is 434 g/mol. The SMILES string of the molecule is CC(c1ccccc1)N(Cc1cc(NC(=O)C2CCCC2)ccc1N(C)C)C(=O)C1CC1. The van der Waals surface area contributed by atoms with E-state index in [4.69, 9.17) is 0 Å². The number of amides is 2. The van der Waals surface area contributed by atoms with Gasteiger partial charge in [-0.15, -0.1) is 0 Å². The van der Waals surface area contributed by atoms with Crippen LogP contribution in [0.1, 0.15) is 62.6 Å². The molecule has 0 saturated heterocycles. The van der Waals surface area contributed by atoms with Crippen LogP contribution in [0.15, 0.2) is 48.5 Å². The number of rotatable bonds is 8. The van der Waals surface area contributed by atoms with E-state index in [0.717, 1.165) is 61.0 Å². The smallest absolute Gasteiger partial charge is 0.227 e. The maximum absolute atomic E-state index is 13.3. The number of carbonyl (C=O) groups is 2. The van der Waals surface area contributed by atoms with Gasteiger partial charge in [0, 0.05) is 43.9 Å². The zero-order valence-electron chi connectivity index (χ0n) is 19.5. The van der Waals surface area contributed by atoms with Crippen LogP contribution >= 0.6 is 0 Å². The molecule has 0 aliphatic heterocycles. The number of benzene rings is 2. The molecule has 2 amide bonds. The molecule has 32 heavy (non-hydrogen) atoms. The molecule has 1 N–H and O–H groups in total. The highest BCUT2D eigenvalue weighted by molar-refractivity contribution is 5.93. The Morgan fingerprint density at radius 2 is 1.66 bits per heavy atom. The van der Waals surface area contributed by atoms with E-state index in [0.29, 0.717) is 6.54 Å². The number of anilines is 2. The van der Waals surface area contributed by atoms with Crippen molar-refractivity contribution in [3.8, 4) is 0 Å². The second-order valence-corrected chi connectivity index (χ2v) is 9.54. The second kappa shape index (κ2) is 9.76. The third-order valence-electron chi connectivity index (χ3n) is 6.85. The van der Waals surface area contributed by atoms with Crippen LogP contribution in [0, 0.1) is 11.8 Å². The van der Waals surface area contributed by atoms with Crippen LogP contribution in [0.4, 0.5) is 11.4 Å². The minimum atomic E-state index is -0.0175. The van der Waals surface area contributed by atoms with E-state index >= 15 is 0 Å². The van der Waals surface area contributed by atoms with Gasteiger partial charge in [-0.1, -0.05) is 43.2 Å². The summed E-state index contributed by atoms with van der Waals surface area (Å²) >= 11 is 0. The lowest BCUT2D eigenvalue weighted by Gasteiger charge is -2.32. The third kappa shape index (κ3) is 5.14. The lowest BCUT2D eigenvalue weighted by atomic mass is 10.0. The Morgan fingerprint density at radius 3 is 2.28 bits per heavy atom. The number of hydrogen-bond acceptors (Lipinski definition) is 3. The number of carbonyl (C=O) groups excluding carboxylic acids is 2. The molecule has 1 unspecified atom stereocenters. The Bertz CT molecular complexity index is 947. The minimum Gasteiger partial charge on any atom is -0.377 e. The standard InChI is InChI=1S/C27H35N3O2/c1-19(20-9-5-4-6-10-20)30(27(32)22-13-14-22)18-23-17-24(15-16-25(23)29(2)3)28-26(31)21-11-7-8-12-21/h4-6,9-10,15-17,19,21-22H,7-8,11-14,18H2,1-3H3,(H,28,31). The molecular weight excluding hydrogens is 398 g/mol. The van der Waals surface area contributed by atoms with Crippen LogP contribution in [0.2, 0.25) is 0 Å². The lowest BCUT2D eigenvalue weighted by molar-refractivity contribution is -0.135. The summed E-state index contributed by atoms with van der Waals surface area (Å²) in [5.41, 5.74) is 4.07. The van der Waals surface area contributed by atoms with E-state index in [1.807, 2.05) is 55.4 Å². The van der Waals surface area contributed by atoms with E-state index in [9.17, 15) is 9.59 Å². The van der Waals surface area contributed by atoms with Crippen LogP contribution < -0.4 is 10.2 Å².